The summed E-state index contributed by atoms with van der Waals surface area (Å²) in [6, 6.07) is 49.4. The van der Waals surface area contributed by atoms with Crippen molar-refractivity contribution in [3.63, 3.8) is 0 Å². The first kappa shape index (κ1) is 78.7. The van der Waals surface area contributed by atoms with E-state index < -0.39 is 16.1 Å². The van der Waals surface area contributed by atoms with E-state index in [4.69, 9.17) is 22.6 Å². The first-order valence-electron chi connectivity index (χ1n) is 34.0. The van der Waals surface area contributed by atoms with Gasteiger partial charge in [0, 0.05) is 77.8 Å². The quantitative estimate of drug-likeness (QED) is 0.103. The van der Waals surface area contributed by atoms with Crippen LogP contribution in [0.4, 0.5) is 23.2 Å². The van der Waals surface area contributed by atoms with Gasteiger partial charge in [-0.25, -0.2) is 17.6 Å². The smallest absolute Gasteiger partial charge is 0.246 e. The van der Waals surface area contributed by atoms with Gasteiger partial charge >= 0.3 is 0 Å². The molecule has 542 valence electrons. The zero-order chi connectivity index (χ0) is 75.4. The number of halogens is 6. The summed E-state index contributed by atoms with van der Waals surface area (Å²) < 4.78 is 69.9. The van der Waals surface area contributed by atoms with E-state index in [1.165, 1.54) is 37.1 Å². The predicted molar refractivity (Wildman–Crippen MR) is 430 cm³/mol. The molecule has 0 unspecified atom stereocenters. The molecule has 0 atom stereocenters. The normalized spacial score (nSPS) is 13.4. The van der Waals surface area contributed by atoms with Gasteiger partial charge in [0.15, 0.2) is 17.5 Å². The summed E-state index contributed by atoms with van der Waals surface area (Å²) in [5, 5.41) is 27.8. The number of hydrogen-bond acceptors (Lipinski definition) is 12. The van der Waals surface area contributed by atoms with Crippen molar-refractivity contribution >= 4 is 82.4 Å². The Kier molecular flexibility index (Phi) is 25.7. The summed E-state index contributed by atoms with van der Waals surface area (Å²) in [4.78, 5) is 29.9. The van der Waals surface area contributed by atoms with Crippen molar-refractivity contribution < 1.29 is 27.1 Å². The molecule has 11 aromatic rings. The number of benzene rings is 8. The molecular formula is C83H78Br2F4N14O2Si2. The van der Waals surface area contributed by atoms with Crippen molar-refractivity contribution in [3.05, 3.63) is 293 Å². The number of terminal acetylenes is 2. The van der Waals surface area contributed by atoms with Crippen LogP contribution < -0.4 is 5.32 Å². The van der Waals surface area contributed by atoms with E-state index in [-0.39, 0.29) is 43.1 Å². The molecule has 0 radical (unpaired) electrons. The highest BCUT2D eigenvalue weighted by atomic mass is 79.9. The molecule has 5 aliphatic heterocycles. The van der Waals surface area contributed by atoms with Gasteiger partial charge in [0.1, 0.15) is 83.1 Å². The maximum atomic E-state index is 14.6. The SMILES string of the molecule is C.C#C[Si](C)(C)C.C#Cc1ccc2c(c1)C(c1ccccc1F)=NCc1nnc(C)n1-2.C1CCOC1.Cc1nnc2n1-c1ccc(Br)cc1C(c1ccccc1F)=NC2.Cc1nnc2n1-c1ccc(C#C[Si](C)(C)C)cc1C(c1ccccc1F)=NC2.O=C1CN=C(c2ccccc2F)c2cc(Br)ccc2N1. The highest BCUT2D eigenvalue weighted by molar-refractivity contribution is 9.10. The number of fused-ring (bicyclic) bond motifs is 10. The van der Waals surface area contributed by atoms with Crippen molar-refractivity contribution in [1.29, 1.82) is 0 Å². The summed E-state index contributed by atoms with van der Waals surface area (Å²) in [5.41, 5.74) is 18.3. The van der Waals surface area contributed by atoms with Gasteiger partial charge < -0.3 is 10.1 Å². The Bertz CT molecular complexity index is 5440. The maximum absolute atomic E-state index is 14.6. The van der Waals surface area contributed by atoms with E-state index >= 15 is 0 Å². The second kappa shape index (κ2) is 35.0. The summed E-state index contributed by atoms with van der Waals surface area (Å²) in [6.07, 6.45) is 13.2. The molecule has 8 heterocycles. The Morgan fingerprint density at radius 2 is 0.785 bits per heavy atom. The van der Waals surface area contributed by atoms with Crippen molar-refractivity contribution in [3.8, 4) is 52.8 Å². The first-order chi connectivity index (χ1) is 50.9. The van der Waals surface area contributed by atoms with Gasteiger partial charge in [-0.3, -0.25) is 38.5 Å². The number of ether oxygens (including phenoxy) is 1. The van der Waals surface area contributed by atoms with Gasteiger partial charge in [-0.05, 0) is 155 Å². The van der Waals surface area contributed by atoms with Crippen LogP contribution in [-0.4, -0.2) is 109 Å². The fraction of sp³-hybridized carbons (Fsp3) is 0.217. The molecule has 0 bridgehead atoms. The molecule has 24 heteroatoms. The van der Waals surface area contributed by atoms with Gasteiger partial charge in [0.2, 0.25) is 5.91 Å². The first-order valence-corrected chi connectivity index (χ1v) is 42.6. The Morgan fingerprint density at radius 3 is 1.16 bits per heavy atom. The number of aromatic nitrogens is 9. The van der Waals surface area contributed by atoms with Crippen molar-refractivity contribution in [1.82, 2.24) is 44.3 Å². The van der Waals surface area contributed by atoms with Gasteiger partial charge in [0.05, 0.1) is 45.6 Å². The van der Waals surface area contributed by atoms with E-state index in [1.807, 2.05) is 113 Å². The lowest BCUT2D eigenvalue weighted by Crippen LogP contribution is -2.16. The number of benzodiazepines with no additional fused rings is 1. The van der Waals surface area contributed by atoms with Crippen LogP contribution in [0.25, 0.3) is 17.1 Å². The van der Waals surface area contributed by atoms with Crippen LogP contribution in [-0.2, 0) is 29.2 Å². The molecule has 1 amide bonds. The molecule has 16 nitrogen and oxygen atoms in total. The molecule has 107 heavy (non-hydrogen) atoms. The van der Waals surface area contributed by atoms with Gasteiger partial charge in [-0.2, -0.15) is 0 Å². The topological polar surface area (TPSA) is 180 Å². The summed E-state index contributed by atoms with van der Waals surface area (Å²) in [5.74, 6) is 8.99. The molecule has 0 aliphatic carbocycles. The minimum absolute atomic E-state index is 0. The average molecular weight is 1600 g/mol. The zero-order valence-corrected chi connectivity index (χ0v) is 65.0. The van der Waals surface area contributed by atoms with Crippen molar-refractivity contribution in [2.75, 3.05) is 25.1 Å². The van der Waals surface area contributed by atoms with Crippen molar-refractivity contribution in [2.45, 2.75) is 100.0 Å². The Hall–Kier alpha value is -10.9. The number of carbonyl (C=O) groups excluding carboxylic acids is 1. The Labute approximate surface area is 640 Å². The zero-order valence-electron chi connectivity index (χ0n) is 59.9. The van der Waals surface area contributed by atoms with Crippen LogP contribution in [0.15, 0.2) is 199 Å². The number of rotatable bonds is 4. The third-order valence-corrected chi connectivity index (χ3v) is 19.4. The minimum Gasteiger partial charge on any atom is -0.381 e. The third-order valence-electron chi connectivity index (χ3n) is 16.7. The minimum atomic E-state index is -1.51. The molecule has 0 spiro atoms. The lowest BCUT2D eigenvalue weighted by Gasteiger charge is -2.13. The molecule has 1 N–H and O–H groups in total. The highest BCUT2D eigenvalue weighted by Crippen LogP contribution is 2.33. The standard InChI is InChI=1S/C22H21FN4Si.C19H13FN4.C17H12BrFN4.C15H10BrFN2O.C5H10Si.C4H8O.CH4/c1-15-25-26-21-14-24-22(17-7-5-6-8-19(17)23)18-13-16(11-12-28(2,3)4)9-10-20(18)27(15)21;1-3-13-8-9-17-15(10-13)19(14-6-4-5-7-16(14)20)21-11-18-23-22-12(2)24(17)18;1-10-21-22-16-9-20-17(12-4-2-3-5-14(12)19)13-8-11(18)6-7-15(13)23(10)16;16-9-5-6-13-11(7-9)15(18-8-14(20)19-13)10-3-1-2-4-12(10)17;1-5-6(2,3)4;1-2-4-5-3-1;/h5-10,13H,14H2,1-4H3;1,4-10H,11H2,2H3;2-8H,9H2,1H3;1-7H,8H2,(H,19,20);1H,2-4H3;1-4H2;1H4. The number of anilines is 1. The van der Waals surface area contributed by atoms with Gasteiger partial charge in [0.25, 0.3) is 0 Å². The number of aryl methyl sites for hydroxylation is 3. The molecule has 16 rings (SSSR count). The van der Waals surface area contributed by atoms with E-state index in [2.05, 4.69) is 145 Å². The van der Waals surface area contributed by atoms with Crippen LogP contribution in [0.3, 0.4) is 0 Å². The van der Waals surface area contributed by atoms with Crippen LogP contribution in [0.2, 0.25) is 39.3 Å². The summed E-state index contributed by atoms with van der Waals surface area (Å²) >= 11 is 6.88. The lowest BCUT2D eigenvalue weighted by atomic mass is 9.98. The predicted octanol–water partition coefficient (Wildman–Crippen LogP) is 17.5. The molecule has 8 aromatic carbocycles. The fourth-order valence-electron chi connectivity index (χ4n) is 11.6. The van der Waals surface area contributed by atoms with E-state index in [9.17, 15) is 22.4 Å². The lowest BCUT2D eigenvalue weighted by molar-refractivity contribution is -0.114. The number of amides is 1. The van der Waals surface area contributed by atoms with Crippen LogP contribution >= 0.6 is 31.9 Å². The molecule has 1 fully saturated rings. The van der Waals surface area contributed by atoms with E-state index in [0.717, 1.165) is 90.6 Å². The Morgan fingerprint density at radius 1 is 0.439 bits per heavy atom. The molecule has 5 aliphatic rings. The number of carbonyl (C=O) groups is 1. The fourth-order valence-corrected chi connectivity index (χ4v) is 12.9. The van der Waals surface area contributed by atoms with E-state index in [1.54, 1.807) is 66.7 Å². The summed E-state index contributed by atoms with van der Waals surface area (Å²) in [7, 11) is -2.61. The second-order valence-electron chi connectivity index (χ2n) is 26.8. The average Bonchev–Trinajstić information content (AvgIpc) is 1.67. The molecule has 3 aromatic heterocycles. The number of aliphatic imine (C=N–C) groups is 4. The van der Waals surface area contributed by atoms with Gasteiger partial charge in [-0.15, -0.1) is 54.5 Å². The number of nitrogens with one attached hydrogen (secondary N) is 1. The Balaban J connectivity index is 0.000000145. The van der Waals surface area contributed by atoms with Crippen LogP contribution in [0, 0.1) is 79.8 Å². The molecule has 0 saturated carbocycles. The van der Waals surface area contributed by atoms with Crippen LogP contribution in [0.1, 0.15) is 111 Å². The highest BCUT2D eigenvalue weighted by Gasteiger charge is 2.28. The van der Waals surface area contributed by atoms with Crippen molar-refractivity contribution in [2.24, 2.45) is 20.0 Å². The third kappa shape index (κ3) is 19.0. The number of hydrogen-bond donors (Lipinski definition) is 1. The molecule has 1 saturated heterocycles. The molecular weight excluding hydrogens is 1520 g/mol. The maximum Gasteiger partial charge on any atom is 0.246 e. The van der Waals surface area contributed by atoms with E-state index in [0.29, 0.717) is 87.4 Å². The summed E-state index contributed by atoms with van der Waals surface area (Å²) in [6.45, 7) is 21.8. The van der Waals surface area contributed by atoms with Gasteiger partial charge in [-0.1, -0.05) is 139 Å². The largest absolute Gasteiger partial charge is 0.381 e. The van der Waals surface area contributed by atoms with Crippen LogP contribution in [0.5, 0.6) is 0 Å². The number of nitrogens with zero attached hydrogens (tertiary/aromatic N) is 13. The monoisotopic (exact) mass is 1590 g/mol. The second-order valence-corrected chi connectivity index (χ2v) is 38.2.